The molecule has 0 atom stereocenters. The summed E-state index contributed by atoms with van der Waals surface area (Å²) in [5.41, 5.74) is 1.70. The Balaban J connectivity index is 1.36. The van der Waals surface area contributed by atoms with Gasteiger partial charge in [-0.2, -0.15) is 0 Å². The van der Waals surface area contributed by atoms with Crippen LogP contribution in [0.2, 0.25) is 5.02 Å². The molecule has 2 aromatic carbocycles. The fourth-order valence-corrected chi connectivity index (χ4v) is 4.18. The molecule has 2 N–H and O–H groups in total. The summed E-state index contributed by atoms with van der Waals surface area (Å²) in [5, 5.41) is 18.2. The molecule has 0 spiro atoms. The number of amides is 2. The third-order valence-corrected chi connectivity index (χ3v) is 6.30. The number of hydrogen-bond donors (Lipinski definition) is 2. The van der Waals surface area contributed by atoms with Gasteiger partial charge in [-0.1, -0.05) is 29.8 Å². The van der Waals surface area contributed by atoms with Crippen LogP contribution in [0, 0.1) is 10.1 Å². The highest BCUT2D eigenvalue weighted by molar-refractivity contribution is 6.31. The van der Waals surface area contributed by atoms with Crippen LogP contribution in [0.25, 0.3) is 0 Å². The molecule has 0 unspecified atom stereocenters. The molecule has 9 nitrogen and oxygen atoms in total. The van der Waals surface area contributed by atoms with E-state index >= 15 is 0 Å². The van der Waals surface area contributed by atoms with Crippen molar-refractivity contribution in [3.05, 3.63) is 98.8 Å². The number of rotatable bonds is 7. The third-order valence-electron chi connectivity index (χ3n) is 5.93. The molecular weight excluding hydrogens is 470 g/mol. The fourth-order valence-electron chi connectivity index (χ4n) is 3.98. The average molecular weight is 494 g/mol. The highest BCUT2D eigenvalue weighted by atomic mass is 35.5. The number of carbonyl (C=O) groups excluding carboxylic acids is 2. The molecule has 2 amide bonds. The number of halogens is 1. The molecule has 0 saturated carbocycles. The maximum atomic E-state index is 12.8. The van der Waals surface area contributed by atoms with Crippen molar-refractivity contribution in [2.75, 3.05) is 18.4 Å². The zero-order valence-electron chi connectivity index (χ0n) is 18.8. The second-order valence-electron chi connectivity index (χ2n) is 8.21. The maximum Gasteiger partial charge on any atom is 0.293 e. The summed E-state index contributed by atoms with van der Waals surface area (Å²) >= 11 is 6.16. The summed E-state index contributed by atoms with van der Waals surface area (Å²) in [7, 11) is 0. The molecule has 3 aromatic rings. The predicted octanol–water partition coefficient (Wildman–Crippen LogP) is 4.29. The Kier molecular flexibility index (Phi) is 7.57. The van der Waals surface area contributed by atoms with Gasteiger partial charge in [0.25, 0.3) is 17.5 Å². The van der Waals surface area contributed by atoms with Gasteiger partial charge in [-0.3, -0.25) is 24.7 Å². The Morgan fingerprint density at radius 1 is 1.06 bits per heavy atom. The lowest BCUT2D eigenvalue weighted by Gasteiger charge is -2.32. The number of likely N-dealkylation sites (tertiary alicyclic amines) is 1. The molecule has 1 fully saturated rings. The van der Waals surface area contributed by atoms with Crippen LogP contribution in [0.3, 0.4) is 0 Å². The SMILES string of the molecule is O=C(NC1CCN(C(=O)c2ccncc2)CC1)c1ccc(NCc2ccccc2Cl)c([N+](=O)[O-])c1. The van der Waals surface area contributed by atoms with Crippen LogP contribution in [-0.4, -0.2) is 45.8 Å². The first-order valence-corrected chi connectivity index (χ1v) is 11.6. The van der Waals surface area contributed by atoms with Crippen molar-refractivity contribution in [3.8, 4) is 0 Å². The Hall–Kier alpha value is -3.98. The molecule has 1 aliphatic heterocycles. The Morgan fingerprint density at radius 3 is 2.46 bits per heavy atom. The molecule has 180 valence electrons. The van der Waals surface area contributed by atoms with Gasteiger partial charge < -0.3 is 15.5 Å². The van der Waals surface area contributed by atoms with E-state index in [1.165, 1.54) is 12.1 Å². The molecule has 10 heteroatoms. The minimum atomic E-state index is -0.519. The van der Waals surface area contributed by atoms with Crippen molar-refractivity contribution in [2.24, 2.45) is 0 Å². The first kappa shape index (κ1) is 24.2. The number of piperidine rings is 1. The molecule has 4 rings (SSSR count). The number of nitrogens with one attached hydrogen (secondary N) is 2. The van der Waals surface area contributed by atoms with Gasteiger partial charge in [-0.15, -0.1) is 0 Å². The highest BCUT2D eigenvalue weighted by Crippen LogP contribution is 2.27. The van der Waals surface area contributed by atoms with Gasteiger partial charge in [0.05, 0.1) is 4.92 Å². The number of aromatic nitrogens is 1. The minimum absolute atomic E-state index is 0.0623. The summed E-state index contributed by atoms with van der Waals surface area (Å²) in [4.78, 5) is 42.2. The van der Waals surface area contributed by atoms with Crippen molar-refractivity contribution in [2.45, 2.75) is 25.4 Å². The topological polar surface area (TPSA) is 117 Å². The second-order valence-corrected chi connectivity index (χ2v) is 8.62. The zero-order chi connectivity index (χ0) is 24.8. The van der Waals surface area contributed by atoms with Gasteiger partial charge in [-0.05, 0) is 48.7 Å². The van der Waals surface area contributed by atoms with E-state index in [0.717, 1.165) is 5.56 Å². The Labute approximate surface area is 207 Å². The fraction of sp³-hybridized carbons (Fsp3) is 0.240. The Bertz CT molecular complexity index is 1230. The number of anilines is 1. The number of pyridine rings is 1. The van der Waals surface area contributed by atoms with Crippen molar-refractivity contribution < 1.29 is 14.5 Å². The molecule has 0 bridgehead atoms. The van der Waals surface area contributed by atoms with E-state index in [9.17, 15) is 19.7 Å². The Morgan fingerprint density at radius 2 is 1.77 bits per heavy atom. The molecule has 1 aliphatic rings. The average Bonchev–Trinajstić information content (AvgIpc) is 2.88. The molecule has 2 heterocycles. The zero-order valence-corrected chi connectivity index (χ0v) is 19.6. The van der Waals surface area contributed by atoms with Crippen molar-refractivity contribution in [1.29, 1.82) is 0 Å². The first-order valence-electron chi connectivity index (χ1n) is 11.2. The van der Waals surface area contributed by atoms with Gasteiger partial charge in [0.15, 0.2) is 0 Å². The van der Waals surface area contributed by atoms with Crippen molar-refractivity contribution >= 4 is 34.8 Å². The van der Waals surface area contributed by atoms with E-state index in [0.29, 0.717) is 48.7 Å². The third kappa shape index (κ3) is 5.93. The number of nitrogens with zero attached hydrogens (tertiary/aromatic N) is 3. The maximum absolute atomic E-state index is 12.8. The van der Waals surface area contributed by atoms with Gasteiger partial charge in [-0.25, -0.2) is 0 Å². The number of nitro benzene ring substituents is 1. The van der Waals surface area contributed by atoms with E-state index in [1.807, 2.05) is 18.2 Å². The predicted molar refractivity (Wildman–Crippen MR) is 133 cm³/mol. The van der Waals surface area contributed by atoms with Gasteiger partial charge in [0, 0.05) is 60.3 Å². The smallest absolute Gasteiger partial charge is 0.293 e. The van der Waals surface area contributed by atoms with Crippen LogP contribution < -0.4 is 10.6 Å². The lowest BCUT2D eigenvalue weighted by molar-refractivity contribution is -0.384. The molecule has 0 radical (unpaired) electrons. The van der Waals surface area contributed by atoms with Gasteiger partial charge >= 0.3 is 0 Å². The molecular formula is C25H24ClN5O4. The van der Waals surface area contributed by atoms with Gasteiger partial charge in [0.2, 0.25) is 0 Å². The molecule has 35 heavy (non-hydrogen) atoms. The molecule has 0 aliphatic carbocycles. The lowest BCUT2D eigenvalue weighted by atomic mass is 10.0. The van der Waals surface area contributed by atoms with Crippen LogP contribution in [0.15, 0.2) is 67.0 Å². The summed E-state index contributed by atoms with van der Waals surface area (Å²) < 4.78 is 0. The van der Waals surface area contributed by atoms with E-state index in [2.05, 4.69) is 15.6 Å². The van der Waals surface area contributed by atoms with Crippen molar-refractivity contribution in [1.82, 2.24) is 15.2 Å². The highest BCUT2D eigenvalue weighted by Gasteiger charge is 2.26. The van der Waals surface area contributed by atoms with Crippen LogP contribution in [0.1, 0.15) is 39.1 Å². The van der Waals surface area contributed by atoms with Crippen LogP contribution in [-0.2, 0) is 6.54 Å². The summed E-state index contributed by atoms with van der Waals surface area (Å²) in [6.45, 7) is 1.33. The van der Waals surface area contributed by atoms with E-state index in [-0.39, 0.29) is 29.1 Å². The first-order chi connectivity index (χ1) is 16.9. The number of hydrogen-bond acceptors (Lipinski definition) is 6. The standard InChI is InChI=1S/C25H24ClN5O4/c26-21-4-2-1-3-19(21)16-28-22-6-5-18(15-23(22)31(34)35)24(32)29-20-9-13-30(14-10-20)25(33)17-7-11-27-12-8-17/h1-8,11-12,15,20,28H,9-10,13-14,16H2,(H,29,32). The van der Waals surface area contributed by atoms with Crippen LogP contribution in [0.4, 0.5) is 11.4 Å². The monoisotopic (exact) mass is 493 g/mol. The largest absolute Gasteiger partial charge is 0.375 e. The normalized spacial score (nSPS) is 13.8. The molecule has 1 saturated heterocycles. The number of nitro groups is 1. The summed E-state index contributed by atoms with van der Waals surface area (Å²) in [5.74, 6) is -0.447. The molecule has 1 aromatic heterocycles. The van der Waals surface area contributed by atoms with Crippen LogP contribution >= 0.6 is 11.6 Å². The quantitative estimate of drug-likeness (QED) is 0.374. The van der Waals surface area contributed by atoms with Crippen LogP contribution in [0.5, 0.6) is 0 Å². The lowest BCUT2D eigenvalue weighted by Crippen LogP contribution is -2.46. The van der Waals surface area contributed by atoms with E-state index in [1.54, 1.807) is 41.6 Å². The minimum Gasteiger partial charge on any atom is -0.375 e. The van der Waals surface area contributed by atoms with E-state index < -0.39 is 4.92 Å². The van der Waals surface area contributed by atoms with Gasteiger partial charge in [0.1, 0.15) is 5.69 Å². The number of carbonyl (C=O) groups is 2. The van der Waals surface area contributed by atoms with E-state index in [4.69, 9.17) is 11.6 Å². The second kappa shape index (κ2) is 11.0. The summed E-state index contributed by atoms with van der Waals surface area (Å²) in [6, 6.07) is 14.8. The van der Waals surface area contributed by atoms with Crippen molar-refractivity contribution in [3.63, 3.8) is 0 Å². The number of benzene rings is 2. The summed E-state index contributed by atoms with van der Waals surface area (Å²) in [6.07, 6.45) is 4.36.